The molecule has 0 aliphatic heterocycles. The molecule has 1 atom stereocenters. The van der Waals surface area contributed by atoms with E-state index in [4.69, 9.17) is 10.5 Å². The SMILES string of the molecule is CCOC(=O)C[C@H](N)c1ccc(O)c2ccccc12. The first-order valence-corrected chi connectivity index (χ1v) is 6.25. The zero-order valence-electron chi connectivity index (χ0n) is 10.8. The topological polar surface area (TPSA) is 72.5 Å². The van der Waals surface area contributed by atoms with E-state index in [1.54, 1.807) is 19.1 Å². The smallest absolute Gasteiger partial charge is 0.307 e. The number of hydrogen-bond acceptors (Lipinski definition) is 4. The highest BCUT2D eigenvalue weighted by Crippen LogP contribution is 2.31. The molecule has 0 aromatic heterocycles. The molecule has 0 amide bonds. The molecule has 2 aromatic rings. The van der Waals surface area contributed by atoms with Crippen molar-refractivity contribution in [1.29, 1.82) is 0 Å². The number of rotatable bonds is 4. The fraction of sp³-hybridized carbons (Fsp3) is 0.267. The van der Waals surface area contributed by atoms with Gasteiger partial charge < -0.3 is 15.6 Å². The molecule has 0 radical (unpaired) electrons. The van der Waals surface area contributed by atoms with Crippen molar-refractivity contribution in [1.82, 2.24) is 0 Å². The van der Waals surface area contributed by atoms with Gasteiger partial charge in [0.1, 0.15) is 5.75 Å². The number of fused-ring (bicyclic) bond motifs is 1. The number of phenolic OH excluding ortho intramolecular Hbond substituents is 1. The van der Waals surface area contributed by atoms with Crippen molar-refractivity contribution in [3.63, 3.8) is 0 Å². The average Bonchev–Trinajstić information content (AvgIpc) is 2.39. The van der Waals surface area contributed by atoms with Crippen molar-refractivity contribution in [3.05, 3.63) is 42.0 Å². The largest absolute Gasteiger partial charge is 0.507 e. The third-order valence-electron chi connectivity index (χ3n) is 3.03. The number of phenols is 1. The predicted molar refractivity (Wildman–Crippen MR) is 73.8 cm³/mol. The third kappa shape index (κ3) is 2.85. The normalized spacial score (nSPS) is 12.3. The van der Waals surface area contributed by atoms with Crippen molar-refractivity contribution >= 4 is 16.7 Å². The van der Waals surface area contributed by atoms with Gasteiger partial charge in [-0.15, -0.1) is 0 Å². The maximum absolute atomic E-state index is 11.5. The second-order valence-corrected chi connectivity index (χ2v) is 4.34. The van der Waals surface area contributed by atoms with E-state index in [2.05, 4.69) is 0 Å². The lowest BCUT2D eigenvalue weighted by Gasteiger charge is -2.14. The molecular formula is C15H17NO3. The van der Waals surface area contributed by atoms with Crippen molar-refractivity contribution in [2.24, 2.45) is 5.73 Å². The number of aromatic hydroxyl groups is 1. The quantitative estimate of drug-likeness (QED) is 0.827. The van der Waals surface area contributed by atoms with Crippen LogP contribution in [0.3, 0.4) is 0 Å². The van der Waals surface area contributed by atoms with Gasteiger partial charge in [0, 0.05) is 11.4 Å². The van der Waals surface area contributed by atoms with Crippen LogP contribution in [-0.4, -0.2) is 17.7 Å². The van der Waals surface area contributed by atoms with E-state index < -0.39 is 6.04 Å². The van der Waals surface area contributed by atoms with Crippen molar-refractivity contribution < 1.29 is 14.6 Å². The molecule has 100 valence electrons. The third-order valence-corrected chi connectivity index (χ3v) is 3.03. The van der Waals surface area contributed by atoms with Gasteiger partial charge in [0.05, 0.1) is 13.0 Å². The Balaban J connectivity index is 2.35. The lowest BCUT2D eigenvalue weighted by molar-refractivity contribution is -0.143. The Bertz CT molecular complexity index is 595. The highest BCUT2D eigenvalue weighted by Gasteiger charge is 2.15. The summed E-state index contributed by atoms with van der Waals surface area (Å²) >= 11 is 0. The summed E-state index contributed by atoms with van der Waals surface area (Å²) in [4.78, 5) is 11.5. The first kappa shape index (κ1) is 13.4. The zero-order valence-corrected chi connectivity index (χ0v) is 10.8. The Morgan fingerprint density at radius 3 is 2.63 bits per heavy atom. The Kier molecular flexibility index (Phi) is 4.02. The first-order chi connectivity index (χ1) is 9.13. The van der Waals surface area contributed by atoms with Gasteiger partial charge in [-0.25, -0.2) is 0 Å². The second-order valence-electron chi connectivity index (χ2n) is 4.34. The van der Waals surface area contributed by atoms with Crippen LogP contribution in [-0.2, 0) is 9.53 Å². The average molecular weight is 259 g/mol. The minimum atomic E-state index is -0.440. The molecule has 0 heterocycles. The van der Waals surface area contributed by atoms with Gasteiger partial charge in [0.2, 0.25) is 0 Å². The Morgan fingerprint density at radius 2 is 1.95 bits per heavy atom. The summed E-state index contributed by atoms with van der Waals surface area (Å²) in [5, 5.41) is 11.4. The summed E-state index contributed by atoms with van der Waals surface area (Å²) in [6.45, 7) is 2.11. The second kappa shape index (κ2) is 5.71. The molecule has 0 bridgehead atoms. The van der Waals surface area contributed by atoms with Gasteiger partial charge in [-0.3, -0.25) is 4.79 Å². The number of hydrogen-bond donors (Lipinski definition) is 2. The van der Waals surface area contributed by atoms with Crippen LogP contribution in [0.4, 0.5) is 0 Å². The van der Waals surface area contributed by atoms with Gasteiger partial charge in [-0.05, 0) is 23.9 Å². The van der Waals surface area contributed by atoms with Gasteiger partial charge in [0.15, 0.2) is 0 Å². The van der Waals surface area contributed by atoms with E-state index in [1.165, 1.54) is 0 Å². The Morgan fingerprint density at radius 1 is 1.26 bits per heavy atom. The highest BCUT2D eigenvalue weighted by molar-refractivity contribution is 5.91. The summed E-state index contributed by atoms with van der Waals surface area (Å²) in [7, 11) is 0. The molecule has 4 nitrogen and oxygen atoms in total. The number of nitrogens with two attached hydrogens (primary N) is 1. The summed E-state index contributed by atoms with van der Waals surface area (Å²) in [5.74, 6) is -0.102. The number of esters is 1. The molecule has 0 spiro atoms. The number of ether oxygens (including phenoxy) is 1. The molecule has 0 unspecified atom stereocenters. The monoisotopic (exact) mass is 259 g/mol. The predicted octanol–water partition coefficient (Wildman–Crippen LogP) is 2.50. The van der Waals surface area contributed by atoms with Crippen LogP contribution in [0.15, 0.2) is 36.4 Å². The minimum absolute atomic E-state index is 0.128. The molecule has 2 rings (SSSR count). The van der Waals surface area contributed by atoms with E-state index in [0.29, 0.717) is 6.61 Å². The van der Waals surface area contributed by atoms with Crippen LogP contribution in [0.25, 0.3) is 10.8 Å². The van der Waals surface area contributed by atoms with Crippen molar-refractivity contribution in [2.75, 3.05) is 6.61 Å². The zero-order chi connectivity index (χ0) is 13.8. The maximum atomic E-state index is 11.5. The molecule has 2 aromatic carbocycles. The number of carbonyl (C=O) groups excluding carboxylic acids is 1. The van der Waals surface area contributed by atoms with Gasteiger partial charge >= 0.3 is 5.97 Å². The Labute approximate surface area is 111 Å². The molecule has 4 heteroatoms. The van der Waals surface area contributed by atoms with Crippen LogP contribution in [0, 0.1) is 0 Å². The molecule has 0 fully saturated rings. The van der Waals surface area contributed by atoms with Gasteiger partial charge in [-0.2, -0.15) is 0 Å². The molecule has 0 aliphatic rings. The summed E-state index contributed by atoms with van der Waals surface area (Å²) in [6, 6.07) is 10.3. The van der Waals surface area contributed by atoms with Crippen LogP contribution >= 0.6 is 0 Å². The van der Waals surface area contributed by atoms with Crippen molar-refractivity contribution in [2.45, 2.75) is 19.4 Å². The molecule has 3 N–H and O–H groups in total. The molecule has 0 saturated heterocycles. The van der Waals surface area contributed by atoms with E-state index in [1.807, 2.05) is 24.3 Å². The van der Waals surface area contributed by atoms with Crippen LogP contribution in [0.2, 0.25) is 0 Å². The first-order valence-electron chi connectivity index (χ1n) is 6.25. The lowest BCUT2D eigenvalue weighted by Crippen LogP contribution is -2.17. The summed E-state index contributed by atoms with van der Waals surface area (Å²) in [5.41, 5.74) is 6.89. The standard InChI is InChI=1S/C15H17NO3/c1-2-19-15(18)9-13(16)11-7-8-14(17)12-6-4-3-5-10(11)12/h3-8,13,17H,2,9,16H2,1H3/t13-/m0/s1. The molecule has 0 aliphatic carbocycles. The maximum Gasteiger partial charge on any atom is 0.307 e. The van der Waals surface area contributed by atoms with Gasteiger partial charge in [0.25, 0.3) is 0 Å². The van der Waals surface area contributed by atoms with Crippen molar-refractivity contribution in [3.8, 4) is 5.75 Å². The summed E-state index contributed by atoms with van der Waals surface area (Å²) < 4.78 is 4.90. The van der Waals surface area contributed by atoms with Crippen LogP contribution in [0.5, 0.6) is 5.75 Å². The van der Waals surface area contributed by atoms with E-state index in [-0.39, 0.29) is 18.1 Å². The molecule has 19 heavy (non-hydrogen) atoms. The number of benzene rings is 2. The molecule has 0 saturated carbocycles. The fourth-order valence-corrected chi connectivity index (χ4v) is 2.14. The summed E-state index contributed by atoms with van der Waals surface area (Å²) in [6.07, 6.45) is 0.128. The fourth-order valence-electron chi connectivity index (χ4n) is 2.14. The van der Waals surface area contributed by atoms with Crippen LogP contribution < -0.4 is 5.73 Å². The van der Waals surface area contributed by atoms with E-state index in [9.17, 15) is 9.90 Å². The van der Waals surface area contributed by atoms with Crippen LogP contribution in [0.1, 0.15) is 24.9 Å². The highest BCUT2D eigenvalue weighted by atomic mass is 16.5. The minimum Gasteiger partial charge on any atom is -0.507 e. The Hall–Kier alpha value is -2.07. The number of carbonyl (C=O) groups is 1. The molecular weight excluding hydrogens is 242 g/mol. The van der Waals surface area contributed by atoms with E-state index in [0.717, 1.165) is 16.3 Å². The van der Waals surface area contributed by atoms with E-state index >= 15 is 0 Å². The van der Waals surface area contributed by atoms with Gasteiger partial charge in [-0.1, -0.05) is 30.3 Å². The lowest BCUT2D eigenvalue weighted by atomic mass is 9.97.